The maximum absolute atomic E-state index is 13.0. The highest BCUT2D eigenvalue weighted by molar-refractivity contribution is 6.52. The van der Waals surface area contributed by atoms with Crippen LogP contribution in [0.1, 0.15) is 26.3 Å². The first-order chi connectivity index (χ1) is 13.5. The number of hydrogen-bond acceptors (Lipinski definition) is 4. The van der Waals surface area contributed by atoms with Gasteiger partial charge >= 0.3 is 0 Å². The molecule has 2 aliphatic rings. The summed E-state index contributed by atoms with van der Waals surface area (Å²) in [6, 6.07) is 11.3. The van der Waals surface area contributed by atoms with Crippen LogP contribution in [0.5, 0.6) is 0 Å². The van der Waals surface area contributed by atoms with Crippen molar-refractivity contribution in [2.24, 2.45) is 0 Å². The van der Waals surface area contributed by atoms with E-state index in [1.807, 2.05) is 0 Å². The number of ketones is 1. The number of fused-ring (bicyclic) bond motifs is 1. The van der Waals surface area contributed by atoms with Crippen molar-refractivity contribution < 1.29 is 18.8 Å². The highest BCUT2D eigenvalue weighted by atomic mass is 19.1. The molecule has 1 fully saturated rings. The van der Waals surface area contributed by atoms with E-state index in [2.05, 4.69) is 10.2 Å². The van der Waals surface area contributed by atoms with Gasteiger partial charge in [0.1, 0.15) is 5.82 Å². The number of hydrogen-bond donors (Lipinski definition) is 1. The van der Waals surface area contributed by atoms with E-state index in [1.54, 1.807) is 35.2 Å². The molecule has 2 heterocycles. The van der Waals surface area contributed by atoms with Crippen molar-refractivity contribution in [2.45, 2.75) is 6.42 Å². The van der Waals surface area contributed by atoms with Gasteiger partial charge in [-0.3, -0.25) is 19.3 Å². The lowest BCUT2D eigenvalue weighted by molar-refractivity contribution is -0.112. The number of Topliss-reactive ketones (excluding diaryl/α,β-unsaturated/α-hetero) is 1. The fourth-order valence-corrected chi connectivity index (χ4v) is 3.63. The Balaban J connectivity index is 1.35. The van der Waals surface area contributed by atoms with Crippen LogP contribution >= 0.6 is 0 Å². The molecule has 0 aromatic heterocycles. The summed E-state index contributed by atoms with van der Waals surface area (Å²) < 4.78 is 13.0. The summed E-state index contributed by atoms with van der Waals surface area (Å²) in [5.41, 5.74) is 2.02. The minimum Gasteiger partial charge on any atom is -0.336 e. The smallest absolute Gasteiger partial charge is 0.296 e. The van der Waals surface area contributed by atoms with Crippen molar-refractivity contribution in [2.75, 3.05) is 38.0 Å². The van der Waals surface area contributed by atoms with E-state index in [4.69, 9.17) is 0 Å². The molecule has 2 amide bonds. The molecule has 0 unspecified atom stereocenters. The number of para-hydroxylation sites is 1. The van der Waals surface area contributed by atoms with Gasteiger partial charge in [-0.2, -0.15) is 0 Å². The molecule has 1 saturated heterocycles. The SMILES string of the molecule is O=C1Nc2c(cccc2C(=O)N2CCN(CCc3ccc(F)cc3)CC2)C1=O. The minimum absolute atomic E-state index is 0.176. The van der Waals surface area contributed by atoms with Crippen LogP contribution in [0.3, 0.4) is 0 Å². The fourth-order valence-electron chi connectivity index (χ4n) is 3.63. The minimum atomic E-state index is -0.694. The van der Waals surface area contributed by atoms with E-state index in [-0.39, 0.29) is 17.3 Å². The van der Waals surface area contributed by atoms with Crippen molar-refractivity contribution >= 4 is 23.3 Å². The number of anilines is 1. The lowest BCUT2D eigenvalue weighted by Crippen LogP contribution is -2.49. The predicted molar refractivity (Wildman–Crippen MR) is 102 cm³/mol. The lowest BCUT2D eigenvalue weighted by Gasteiger charge is -2.35. The Morgan fingerprint density at radius 2 is 1.71 bits per heavy atom. The zero-order valence-electron chi connectivity index (χ0n) is 15.3. The summed E-state index contributed by atoms with van der Waals surface area (Å²) in [4.78, 5) is 40.4. The van der Waals surface area contributed by atoms with Crippen molar-refractivity contribution in [3.8, 4) is 0 Å². The molecule has 0 atom stereocenters. The maximum Gasteiger partial charge on any atom is 0.296 e. The van der Waals surface area contributed by atoms with Crippen LogP contribution in [0.2, 0.25) is 0 Å². The van der Waals surface area contributed by atoms with Crippen LogP contribution in [0.4, 0.5) is 10.1 Å². The van der Waals surface area contributed by atoms with Gasteiger partial charge in [-0.05, 0) is 36.2 Å². The Morgan fingerprint density at radius 3 is 2.43 bits per heavy atom. The van der Waals surface area contributed by atoms with Crippen molar-refractivity contribution in [1.82, 2.24) is 9.80 Å². The van der Waals surface area contributed by atoms with Crippen molar-refractivity contribution in [3.63, 3.8) is 0 Å². The van der Waals surface area contributed by atoms with E-state index in [9.17, 15) is 18.8 Å². The van der Waals surface area contributed by atoms with Gasteiger partial charge < -0.3 is 10.2 Å². The van der Waals surface area contributed by atoms with Gasteiger partial charge in [0.15, 0.2) is 0 Å². The third kappa shape index (κ3) is 3.53. The molecule has 28 heavy (non-hydrogen) atoms. The Labute approximate surface area is 161 Å². The first-order valence-corrected chi connectivity index (χ1v) is 9.28. The molecule has 4 rings (SSSR count). The monoisotopic (exact) mass is 381 g/mol. The molecule has 0 spiro atoms. The molecule has 0 aliphatic carbocycles. The molecule has 2 aromatic rings. The molecule has 0 bridgehead atoms. The zero-order valence-corrected chi connectivity index (χ0v) is 15.3. The number of carbonyl (C=O) groups is 3. The number of amides is 2. The van der Waals surface area contributed by atoms with Crippen LogP contribution in [0.25, 0.3) is 0 Å². The van der Waals surface area contributed by atoms with Gasteiger partial charge in [-0.1, -0.05) is 18.2 Å². The largest absolute Gasteiger partial charge is 0.336 e. The maximum atomic E-state index is 13.0. The second kappa shape index (κ2) is 7.52. The van der Waals surface area contributed by atoms with Gasteiger partial charge in [-0.25, -0.2) is 4.39 Å². The predicted octanol–water partition coefficient (Wildman–Crippen LogP) is 1.96. The molecular formula is C21H20FN3O3. The summed E-state index contributed by atoms with van der Waals surface area (Å²) >= 11 is 0. The van der Waals surface area contributed by atoms with E-state index in [1.165, 1.54) is 12.1 Å². The topological polar surface area (TPSA) is 69.7 Å². The Hall–Kier alpha value is -3.06. The second-order valence-corrected chi connectivity index (χ2v) is 7.02. The quantitative estimate of drug-likeness (QED) is 0.822. The average molecular weight is 381 g/mol. The molecular weight excluding hydrogens is 361 g/mol. The molecule has 2 aliphatic heterocycles. The summed E-state index contributed by atoms with van der Waals surface area (Å²) in [6.07, 6.45) is 0.828. The van der Waals surface area contributed by atoms with Crippen LogP contribution in [0, 0.1) is 5.82 Å². The summed E-state index contributed by atoms with van der Waals surface area (Å²) in [7, 11) is 0. The van der Waals surface area contributed by atoms with E-state index in [0.717, 1.165) is 31.6 Å². The Bertz CT molecular complexity index is 934. The third-order valence-electron chi connectivity index (χ3n) is 5.27. The fraction of sp³-hybridized carbons (Fsp3) is 0.286. The summed E-state index contributed by atoms with van der Waals surface area (Å²) in [6.45, 7) is 3.49. The number of nitrogens with zero attached hydrogens (tertiary/aromatic N) is 2. The Morgan fingerprint density at radius 1 is 1.00 bits per heavy atom. The number of nitrogens with one attached hydrogen (secondary N) is 1. The number of halogens is 1. The summed E-state index contributed by atoms with van der Waals surface area (Å²) in [5.74, 6) is -1.71. The molecule has 0 radical (unpaired) electrons. The number of piperazine rings is 1. The molecule has 144 valence electrons. The van der Waals surface area contributed by atoms with E-state index >= 15 is 0 Å². The van der Waals surface area contributed by atoms with Crippen LogP contribution in [-0.4, -0.2) is 60.1 Å². The van der Waals surface area contributed by atoms with E-state index < -0.39 is 11.7 Å². The van der Waals surface area contributed by atoms with Crippen LogP contribution in [0.15, 0.2) is 42.5 Å². The van der Waals surface area contributed by atoms with Gasteiger partial charge in [0.25, 0.3) is 17.6 Å². The first kappa shape index (κ1) is 18.3. The second-order valence-electron chi connectivity index (χ2n) is 7.02. The zero-order chi connectivity index (χ0) is 19.7. The highest BCUT2D eigenvalue weighted by Crippen LogP contribution is 2.28. The lowest BCUT2D eigenvalue weighted by atomic mass is 10.1. The normalized spacial score (nSPS) is 16.8. The van der Waals surface area contributed by atoms with Crippen molar-refractivity contribution in [1.29, 1.82) is 0 Å². The number of benzene rings is 2. The Kier molecular flexibility index (Phi) is 4.92. The van der Waals surface area contributed by atoms with Crippen molar-refractivity contribution in [3.05, 3.63) is 65.0 Å². The molecule has 6 nitrogen and oxygen atoms in total. The number of carbonyl (C=O) groups excluding carboxylic acids is 3. The first-order valence-electron chi connectivity index (χ1n) is 9.28. The van der Waals surface area contributed by atoms with Gasteiger partial charge in [0.05, 0.1) is 16.8 Å². The molecule has 1 N–H and O–H groups in total. The summed E-state index contributed by atoms with van der Waals surface area (Å²) in [5, 5.41) is 2.51. The number of rotatable bonds is 4. The van der Waals surface area contributed by atoms with Crippen LogP contribution < -0.4 is 5.32 Å². The van der Waals surface area contributed by atoms with Gasteiger partial charge in [-0.15, -0.1) is 0 Å². The van der Waals surface area contributed by atoms with Crippen LogP contribution in [-0.2, 0) is 11.2 Å². The average Bonchev–Trinajstić information content (AvgIpc) is 3.01. The molecule has 7 heteroatoms. The molecule has 0 saturated carbocycles. The third-order valence-corrected chi connectivity index (χ3v) is 5.27. The molecule has 2 aromatic carbocycles. The standard InChI is InChI=1S/C21H20FN3O3/c22-15-6-4-14(5-7-15)8-9-24-10-12-25(13-11-24)21(28)17-3-1-2-16-18(17)23-20(27)19(16)26/h1-7H,8-13H2,(H,23,26,27). The van der Waals surface area contributed by atoms with Gasteiger partial charge in [0, 0.05) is 32.7 Å². The van der Waals surface area contributed by atoms with Gasteiger partial charge in [0.2, 0.25) is 0 Å². The highest BCUT2D eigenvalue weighted by Gasteiger charge is 2.33. The van der Waals surface area contributed by atoms with E-state index in [0.29, 0.717) is 24.3 Å².